The Morgan fingerprint density at radius 1 is 1.56 bits per heavy atom. The lowest BCUT2D eigenvalue weighted by Gasteiger charge is -2.22. The Labute approximate surface area is 94.5 Å². The fourth-order valence-electron chi connectivity index (χ4n) is 1.71. The summed E-state index contributed by atoms with van der Waals surface area (Å²) in [6.45, 7) is 1.61. The number of nitriles is 1. The number of nitrogens with zero attached hydrogens (tertiary/aromatic N) is 3. The van der Waals surface area contributed by atoms with Gasteiger partial charge in [0.15, 0.2) is 0 Å². The number of hydrogen-bond acceptors (Lipinski definition) is 5. The molecular formula is C11H14N4O. The standard InChI is InChI=1S/C11H14N4O/c12-7-9-4-6-14-11(15-9)16-8-10-3-1-2-5-13-10/h4,6,10,13H,1-3,5,8H2. The van der Waals surface area contributed by atoms with Gasteiger partial charge in [-0.1, -0.05) is 6.42 Å². The van der Waals surface area contributed by atoms with Crippen LogP contribution in [0.5, 0.6) is 6.01 Å². The quantitative estimate of drug-likeness (QED) is 0.815. The van der Waals surface area contributed by atoms with Crippen LogP contribution in [-0.2, 0) is 0 Å². The van der Waals surface area contributed by atoms with Gasteiger partial charge in [-0.05, 0) is 25.5 Å². The van der Waals surface area contributed by atoms with E-state index in [9.17, 15) is 0 Å². The summed E-state index contributed by atoms with van der Waals surface area (Å²) < 4.78 is 5.45. The molecule has 1 aromatic heterocycles. The van der Waals surface area contributed by atoms with E-state index in [0.29, 0.717) is 18.3 Å². The SMILES string of the molecule is N#Cc1ccnc(OCC2CCCCN2)n1. The predicted molar refractivity (Wildman–Crippen MR) is 57.9 cm³/mol. The first-order valence-electron chi connectivity index (χ1n) is 5.48. The Bertz CT molecular complexity index is 382. The summed E-state index contributed by atoms with van der Waals surface area (Å²) >= 11 is 0. The van der Waals surface area contributed by atoms with Crippen LogP contribution in [0.15, 0.2) is 12.3 Å². The molecule has 0 aromatic carbocycles. The minimum Gasteiger partial charge on any atom is -0.462 e. The van der Waals surface area contributed by atoms with Crippen LogP contribution in [0.4, 0.5) is 0 Å². The van der Waals surface area contributed by atoms with Crippen LogP contribution in [0.2, 0.25) is 0 Å². The van der Waals surface area contributed by atoms with Crippen LogP contribution in [0.3, 0.4) is 0 Å². The Morgan fingerprint density at radius 2 is 2.50 bits per heavy atom. The molecule has 0 amide bonds. The summed E-state index contributed by atoms with van der Waals surface area (Å²) in [6, 6.07) is 4.18. The average molecular weight is 218 g/mol. The van der Waals surface area contributed by atoms with Crippen LogP contribution in [-0.4, -0.2) is 29.2 Å². The van der Waals surface area contributed by atoms with Crippen molar-refractivity contribution in [3.05, 3.63) is 18.0 Å². The molecule has 1 unspecified atom stereocenters. The molecule has 0 saturated carbocycles. The van der Waals surface area contributed by atoms with Gasteiger partial charge in [-0.3, -0.25) is 0 Å². The number of piperidine rings is 1. The van der Waals surface area contributed by atoms with E-state index in [1.54, 1.807) is 6.07 Å². The van der Waals surface area contributed by atoms with Gasteiger partial charge in [0, 0.05) is 12.2 Å². The van der Waals surface area contributed by atoms with Crippen LogP contribution >= 0.6 is 0 Å². The van der Waals surface area contributed by atoms with E-state index in [4.69, 9.17) is 10.00 Å². The van der Waals surface area contributed by atoms with Gasteiger partial charge in [-0.15, -0.1) is 0 Å². The van der Waals surface area contributed by atoms with Gasteiger partial charge < -0.3 is 10.1 Å². The molecule has 5 heteroatoms. The molecule has 2 heterocycles. The van der Waals surface area contributed by atoms with Crippen molar-refractivity contribution in [1.29, 1.82) is 5.26 Å². The predicted octanol–water partition coefficient (Wildman–Crippen LogP) is 0.869. The number of nitrogens with one attached hydrogen (secondary N) is 1. The Kier molecular flexibility index (Phi) is 3.67. The average Bonchev–Trinajstić information content (AvgIpc) is 2.38. The third-order valence-corrected chi connectivity index (χ3v) is 2.57. The highest BCUT2D eigenvalue weighted by molar-refractivity contribution is 5.19. The zero-order valence-electron chi connectivity index (χ0n) is 9.02. The van der Waals surface area contributed by atoms with Gasteiger partial charge in [0.2, 0.25) is 0 Å². The van der Waals surface area contributed by atoms with E-state index in [1.807, 2.05) is 6.07 Å². The molecule has 0 bridgehead atoms. The highest BCUT2D eigenvalue weighted by Gasteiger charge is 2.13. The van der Waals surface area contributed by atoms with Crippen LogP contribution < -0.4 is 10.1 Å². The van der Waals surface area contributed by atoms with Crippen molar-refractivity contribution in [2.24, 2.45) is 0 Å². The molecule has 0 aliphatic carbocycles. The van der Waals surface area contributed by atoms with E-state index >= 15 is 0 Å². The first-order valence-corrected chi connectivity index (χ1v) is 5.48. The third-order valence-electron chi connectivity index (χ3n) is 2.57. The van der Waals surface area contributed by atoms with Crippen LogP contribution in [0.25, 0.3) is 0 Å². The molecule has 5 nitrogen and oxygen atoms in total. The van der Waals surface area contributed by atoms with Crippen molar-refractivity contribution in [3.8, 4) is 12.1 Å². The molecule has 1 aliphatic rings. The highest BCUT2D eigenvalue weighted by atomic mass is 16.5. The lowest BCUT2D eigenvalue weighted by Crippen LogP contribution is -2.38. The number of ether oxygens (including phenoxy) is 1. The maximum atomic E-state index is 8.67. The van der Waals surface area contributed by atoms with Crippen molar-refractivity contribution in [2.45, 2.75) is 25.3 Å². The minimum absolute atomic E-state index is 0.284. The van der Waals surface area contributed by atoms with E-state index in [0.717, 1.165) is 13.0 Å². The van der Waals surface area contributed by atoms with E-state index in [-0.39, 0.29) is 6.01 Å². The van der Waals surface area contributed by atoms with Crippen LogP contribution in [0, 0.1) is 11.3 Å². The van der Waals surface area contributed by atoms with E-state index in [1.165, 1.54) is 19.0 Å². The Hall–Kier alpha value is -1.67. The van der Waals surface area contributed by atoms with Crippen LogP contribution in [0.1, 0.15) is 25.0 Å². The summed E-state index contributed by atoms with van der Waals surface area (Å²) in [4.78, 5) is 7.91. The van der Waals surface area contributed by atoms with Gasteiger partial charge in [0.25, 0.3) is 0 Å². The first kappa shape index (κ1) is 10.8. The smallest absolute Gasteiger partial charge is 0.317 e. The molecule has 1 fully saturated rings. The lowest BCUT2D eigenvalue weighted by atomic mass is 10.1. The summed E-state index contributed by atoms with van der Waals surface area (Å²) in [6.07, 6.45) is 5.13. The van der Waals surface area contributed by atoms with Gasteiger partial charge in [0.05, 0.1) is 0 Å². The summed E-state index contributed by atoms with van der Waals surface area (Å²) in [7, 11) is 0. The molecule has 1 aliphatic heterocycles. The number of rotatable bonds is 3. The second-order valence-corrected chi connectivity index (χ2v) is 3.79. The van der Waals surface area contributed by atoms with Gasteiger partial charge in [0.1, 0.15) is 18.4 Å². The molecule has 0 spiro atoms. The summed E-state index contributed by atoms with van der Waals surface area (Å²) in [5.74, 6) is 0. The highest BCUT2D eigenvalue weighted by Crippen LogP contribution is 2.09. The van der Waals surface area contributed by atoms with Crippen molar-refractivity contribution in [1.82, 2.24) is 15.3 Å². The summed E-state index contributed by atoms with van der Waals surface area (Å²) in [5.41, 5.74) is 0.335. The maximum Gasteiger partial charge on any atom is 0.317 e. The largest absolute Gasteiger partial charge is 0.462 e. The molecule has 2 rings (SSSR count). The van der Waals surface area contributed by atoms with Crippen molar-refractivity contribution >= 4 is 0 Å². The molecule has 1 aromatic rings. The zero-order valence-corrected chi connectivity index (χ0v) is 9.02. The van der Waals surface area contributed by atoms with E-state index < -0.39 is 0 Å². The zero-order chi connectivity index (χ0) is 11.2. The summed E-state index contributed by atoms with van der Waals surface area (Å²) in [5, 5.41) is 12.0. The Balaban J connectivity index is 1.86. The second kappa shape index (κ2) is 5.42. The molecule has 84 valence electrons. The van der Waals surface area contributed by atoms with Gasteiger partial charge in [-0.25, -0.2) is 4.98 Å². The second-order valence-electron chi connectivity index (χ2n) is 3.79. The topological polar surface area (TPSA) is 70.8 Å². The maximum absolute atomic E-state index is 8.67. The normalized spacial score (nSPS) is 20.1. The van der Waals surface area contributed by atoms with Gasteiger partial charge in [-0.2, -0.15) is 10.2 Å². The number of hydrogen-bond donors (Lipinski definition) is 1. The monoisotopic (exact) mass is 218 g/mol. The third kappa shape index (κ3) is 2.91. The minimum atomic E-state index is 0.284. The lowest BCUT2D eigenvalue weighted by molar-refractivity contribution is 0.224. The first-order chi connectivity index (χ1) is 7.88. The number of aromatic nitrogens is 2. The molecule has 0 radical (unpaired) electrons. The Morgan fingerprint density at radius 3 is 3.25 bits per heavy atom. The van der Waals surface area contributed by atoms with Crippen molar-refractivity contribution < 1.29 is 4.74 Å². The molecule has 1 saturated heterocycles. The molecular weight excluding hydrogens is 204 g/mol. The molecule has 1 N–H and O–H groups in total. The van der Waals surface area contributed by atoms with E-state index in [2.05, 4.69) is 15.3 Å². The molecule has 16 heavy (non-hydrogen) atoms. The van der Waals surface area contributed by atoms with Crippen molar-refractivity contribution in [3.63, 3.8) is 0 Å². The fourth-order valence-corrected chi connectivity index (χ4v) is 1.71. The fraction of sp³-hybridized carbons (Fsp3) is 0.545. The van der Waals surface area contributed by atoms with Crippen molar-refractivity contribution in [2.75, 3.05) is 13.2 Å². The van der Waals surface area contributed by atoms with Gasteiger partial charge >= 0.3 is 6.01 Å². The molecule has 1 atom stereocenters.